The first-order valence-corrected chi connectivity index (χ1v) is 4.95. The molecule has 5 heteroatoms. The van der Waals surface area contributed by atoms with Gasteiger partial charge in [-0.15, -0.1) is 0 Å². The molecule has 0 radical (unpaired) electrons. The maximum Gasteiger partial charge on any atom is 0.372 e. The van der Waals surface area contributed by atoms with Crippen LogP contribution in [-0.4, -0.2) is 27.2 Å². The molecule has 1 heterocycles. The number of ether oxygens (including phenoxy) is 1. The number of hydrogen-bond donors (Lipinski definition) is 1. The van der Waals surface area contributed by atoms with Crippen LogP contribution in [0, 0.1) is 0 Å². The van der Waals surface area contributed by atoms with Crippen LogP contribution >= 0.6 is 0 Å². The second kappa shape index (κ2) is 4.93. The molecule has 0 unspecified atom stereocenters. The van der Waals surface area contributed by atoms with Crippen molar-refractivity contribution in [2.24, 2.45) is 0 Å². The third-order valence-corrected chi connectivity index (χ3v) is 2.04. The highest BCUT2D eigenvalue weighted by atomic mass is 16.5. The molecule has 1 aromatic rings. The number of hydrogen-bond acceptors (Lipinski definition) is 3. The first-order valence-electron chi connectivity index (χ1n) is 4.95. The van der Waals surface area contributed by atoms with E-state index in [9.17, 15) is 4.79 Å². The summed E-state index contributed by atoms with van der Waals surface area (Å²) in [5, 5.41) is 8.93. The van der Waals surface area contributed by atoms with Gasteiger partial charge < -0.3 is 14.4 Å². The summed E-state index contributed by atoms with van der Waals surface area (Å²) in [4.78, 5) is 14.8. The van der Waals surface area contributed by atoms with Crippen molar-refractivity contribution in [3.8, 4) is 0 Å². The summed E-state index contributed by atoms with van der Waals surface area (Å²) in [5.41, 5.74) is 0.796. The molecule has 0 bridgehead atoms. The zero-order valence-corrected chi connectivity index (χ0v) is 9.23. The minimum Gasteiger partial charge on any atom is -0.475 e. The average molecular weight is 212 g/mol. The lowest BCUT2D eigenvalue weighted by Crippen LogP contribution is -2.14. The molecule has 84 valence electrons. The molecule has 1 aromatic heterocycles. The van der Waals surface area contributed by atoms with E-state index in [2.05, 4.69) is 4.98 Å². The average Bonchev–Trinajstić information content (AvgIpc) is 2.58. The van der Waals surface area contributed by atoms with E-state index in [1.807, 2.05) is 20.8 Å². The summed E-state index contributed by atoms with van der Waals surface area (Å²) in [7, 11) is 0. The van der Waals surface area contributed by atoms with E-state index < -0.39 is 5.97 Å². The Morgan fingerprint density at radius 1 is 1.67 bits per heavy atom. The fourth-order valence-corrected chi connectivity index (χ4v) is 1.44. The quantitative estimate of drug-likeness (QED) is 0.806. The lowest BCUT2D eigenvalue weighted by Gasteiger charge is -2.13. The molecular formula is C10H16N2O3. The number of carboxylic acid groups (broad SMARTS) is 1. The normalized spacial score (nSPS) is 10.9. The second-order valence-electron chi connectivity index (χ2n) is 3.48. The summed E-state index contributed by atoms with van der Waals surface area (Å²) in [6.07, 6.45) is 1.55. The standard InChI is InChI=1S/C10H16N2O3/c1-4-15-6-8-5-11-9(10(13)14)12(8)7(2)3/h5,7H,4,6H2,1-3H3,(H,13,14). The van der Waals surface area contributed by atoms with Gasteiger partial charge in [0.1, 0.15) is 0 Å². The van der Waals surface area contributed by atoms with Gasteiger partial charge in [0.2, 0.25) is 5.82 Å². The minimum absolute atomic E-state index is 0.0639. The van der Waals surface area contributed by atoms with Crippen molar-refractivity contribution in [1.29, 1.82) is 0 Å². The zero-order chi connectivity index (χ0) is 11.4. The van der Waals surface area contributed by atoms with Crippen LogP contribution in [0.4, 0.5) is 0 Å². The molecule has 15 heavy (non-hydrogen) atoms. The van der Waals surface area contributed by atoms with Crippen molar-refractivity contribution < 1.29 is 14.6 Å². The zero-order valence-electron chi connectivity index (χ0n) is 9.23. The van der Waals surface area contributed by atoms with Gasteiger partial charge >= 0.3 is 5.97 Å². The minimum atomic E-state index is -1.01. The Morgan fingerprint density at radius 2 is 2.33 bits per heavy atom. The molecule has 1 N–H and O–H groups in total. The summed E-state index contributed by atoms with van der Waals surface area (Å²) in [6, 6.07) is 0.0639. The molecule has 0 saturated carbocycles. The number of aromatic carboxylic acids is 1. The van der Waals surface area contributed by atoms with E-state index in [0.717, 1.165) is 5.69 Å². The number of aromatic nitrogens is 2. The maximum absolute atomic E-state index is 10.9. The first-order chi connectivity index (χ1) is 7.07. The third kappa shape index (κ3) is 2.56. The topological polar surface area (TPSA) is 64.3 Å². The molecule has 0 aromatic carbocycles. The molecule has 0 aliphatic heterocycles. The molecular weight excluding hydrogens is 196 g/mol. The number of nitrogens with zero attached hydrogens (tertiary/aromatic N) is 2. The number of imidazole rings is 1. The van der Waals surface area contributed by atoms with Crippen LogP contribution in [0.5, 0.6) is 0 Å². The van der Waals surface area contributed by atoms with Gasteiger partial charge in [0.25, 0.3) is 0 Å². The SMILES string of the molecule is CCOCc1cnc(C(=O)O)n1C(C)C. The summed E-state index contributed by atoms with van der Waals surface area (Å²) in [5.74, 6) is -0.939. The lowest BCUT2D eigenvalue weighted by atomic mass is 10.3. The molecule has 0 spiro atoms. The van der Waals surface area contributed by atoms with Gasteiger partial charge in [0, 0.05) is 12.6 Å². The van der Waals surface area contributed by atoms with Crippen LogP contribution < -0.4 is 0 Å². The smallest absolute Gasteiger partial charge is 0.372 e. The Kier molecular flexibility index (Phi) is 3.85. The van der Waals surface area contributed by atoms with Crippen molar-refractivity contribution in [2.45, 2.75) is 33.4 Å². The molecule has 0 aliphatic rings. The Labute approximate surface area is 88.7 Å². The largest absolute Gasteiger partial charge is 0.475 e. The Balaban J connectivity index is 3.01. The first kappa shape index (κ1) is 11.7. The summed E-state index contributed by atoms with van der Waals surface area (Å²) < 4.78 is 6.93. The van der Waals surface area contributed by atoms with Crippen molar-refractivity contribution in [1.82, 2.24) is 9.55 Å². The van der Waals surface area contributed by atoms with Crippen LogP contribution in [0.1, 0.15) is 43.1 Å². The van der Waals surface area contributed by atoms with Crippen LogP contribution in [0.25, 0.3) is 0 Å². The molecule has 0 saturated heterocycles. The van der Waals surface area contributed by atoms with Crippen LogP contribution in [-0.2, 0) is 11.3 Å². The van der Waals surface area contributed by atoms with Crippen molar-refractivity contribution in [2.75, 3.05) is 6.61 Å². The van der Waals surface area contributed by atoms with Gasteiger partial charge in [-0.2, -0.15) is 0 Å². The van der Waals surface area contributed by atoms with Crippen molar-refractivity contribution in [3.63, 3.8) is 0 Å². The number of rotatable bonds is 5. The van der Waals surface area contributed by atoms with Gasteiger partial charge in [-0.1, -0.05) is 0 Å². The Hall–Kier alpha value is -1.36. The molecule has 0 atom stereocenters. The summed E-state index contributed by atoms with van der Waals surface area (Å²) >= 11 is 0. The van der Waals surface area contributed by atoms with Crippen LogP contribution in [0.15, 0.2) is 6.20 Å². The highest BCUT2D eigenvalue weighted by Crippen LogP contribution is 2.14. The number of carboxylic acids is 1. The maximum atomic E-state index is 10.9. The fourth-order valence-electron chi connectivity index (χ4n) is 1.44. The predicted octanol–water partition coefficient (Wildman–Crippen LogP) is 1.70. The molecule has 0 fully saturated rings. The van der Waals surface area contributed by atoms with Gasteiger partial charge in [0.05, 0.1) is 18.5 Å². The molecule has 5 nitrogen and oxygen atoms in total. The van der Waals surface area contributed by atoms with E-state index in [0.29, 0.717) is 13.2 Å². The van der Waals surface area contributed by atoms with Gasteiger partial charge in [-0.05, 0) is 20.8 Å². The van der Waals surface area contributed by atoms with E-state index in [1.165, 1.54) is 0 Å². The van der Waals surface area contributed by atoms with E-state index in [1.54, 1.807) is 10.8 Å². The Bertz CT molecular complexity index is 344. The third-order valence-electron chi connectivity index (χ3n) is 2.04. The van der Waals surface area contributed by atoms with Crippen LogP contribution in [0.3, 0.4) is 0 Å². The highest BCUT2D eigenvalue weighted by Gasteiger charge is 2.17. The predicted molar refractivity (Wildman–Crippen MR) is 54.9 cm³/mol. The van der Waals surface area contributed by atoms with Crippen LogP contribution in [0.2, 0.25) is 0 Å². The second-order valence-corrected chi connectivity index (χ2v) is 3.48. The highest BCUT2D eigenvalue weighted by molar-refractivity contribution is 5.83. The molecule has 0 amide bonds. The monoisotopic (exact) mass is 212 g/mol. The van der Waals surface area contributed by atoms with Gasteiger partial charge in [-0.3, -0.25) is 0 Å². The fraction of sp³-hybridized carbons (Fsp3) is 0.600. The Morgan fingerprint density at radius 3 is 2.80 bits per heavy atom. The van der Waals surface area contributed by atoms with E-state index >= 15 is 0 Å². The summed E-state index contributed by atoms with van der Waals surface area (Å²) in [6.45, 7) is 6.74. The van der Waals surface area contributed by atoms with Gasteiger partial charge in [-0.25, -0.2) is 9.78 Å². The lowest BCUT2D eigenvalue weighted by molar-refractivity contribution is 0.0674. The molecule has 1 rings (SSSR count). The van der Waals surface area contributed by atoms with Crippen molar-refractivity contribution >= 4 is 5.97 Å². The van der Waals surface area contributed by atoms with Gasteiger partial charge in [0.15, 0.2) is 0 Å². The van der Waals surface area contributed by atoms with Crippen molar-refractivity contribution in [3.05, 3.63) is 17.7 Å². The number of carbonyl (C=O) groups is 1. The van der Waals surface area contributed by atoms with E-state index in [4.69, 9.17) is 9.84 Å². The molecule has 0 aliphatic carbocycles. The van der Waals surface area contributed by atoms with E-state index in [-0.39, 0.29) is 11.9 Å².